The molecule has 1 saturated heterocycles. The highest BCUT2D eigenvalue weighted by Gasteiger charge is 2.41. The van der Waals surface area contributed by atoms with Crippen molar-refractivity contribution in [1.82, 2.24) is 5.06 Å². The number of amides is 3. The Balaban J connectivity index is 1.69. The van der Waals surface area contributed by atoms with Crippen molar-refractivity contribution in [2.75, 3.05) is 36.0 Å². The van der Waals surface area contributed by atoms with Gasteiger partial charge in [0.1, 0.15) is 0 Å². The summed E-state index contributed by atoms with van der Waals surface area (Å²) >= 11 is 0. The Hall–Kier alpha value is -3.39. The van der Waals surface area contributed by atoms with Crippen molar-refractivity contribution in [2.45, 2.75) is 45.2 Å². The number of primary amides is 1. The fourth-order valence-electron chi connectivity index (χ4n) is 4.85. The van der Waals surface area contributed by atoms with Crippen molar-refractivity contribution in [1.29, 1.82) is 0 Å². The molecule has 0 aromatic heterocycles. The number of hydroxylamine groups is 2. The lowest BCUT2D eigenvalue weighted by molar-refractivity contribution is -0.157. The number of hydrogen-bond acceptors (Lipinski definition) is 5. The summed E-state index contributed by atoms with van der Waals surface area (Å²) in [6.07, 6.45) is 2.94. The summed E-state index contributed by atoms with van der Waals surface area (Å²) in [7, 11) is 0. The predicted molar refractivity (Wildman–Crippen MR) is 132 cm³/mol. The molecular weight excluding hydrogens is 430 g/mol. The summed E-state index contributed by atoms with van der Waals surface area (Å²) < 4.78 is 8.75. The molecular formula is C26H31N5O3. The number of anilines is 2. The van der Waals surface area contributed by atoms with Crippen molar-refractivity contribution in [3.8, 4) is 0 Å². The van der Waals surface area contributed by atoms with Gasteiger partial charge in [0.15, 0.2) is 0 Å². The first kappa shape index (κ1) is 21.2. The average Bonchev–Trinajstić information content (AvgIpc) is 3.47. The molecule has 178 valence electrons. The Morgan fingerprint density at radius 1 is 1.26 bits per heavy atom. The van der Waals surface area contributed by atoms with Crippen LogP contribution in [0.3, 0.4) is 0 Å². The van der Waals surface area contributed by atoms with E-state index >= 15 is 0 Å². The molecule has 0 aliphatic carbocycles. The molecule has 8 nitrogen and oxygen atoms in total. The molecule has 34 heavy (non-hydrogen) atoms. The highest BCUT2D eigenvalue weighted by molar-refractivity contribution is 6.21. The molecule has 3 aliphatic heterocycles. The Kier molecular flexibility index (Phi) is 5.89. The molecule has 5 rings (SSSR count). The second-order valence-corrected chi connectivity index (χ2v) is 8.86. The number of carbonyl (C=O) groups excluding carboxylic acids is 2. The van der Waals surface area contributed by atoms with Crippen LogP contribution in [0.4, 0.5) is 16.2 Å². The van der Waals surface area contributed by atoms with E-state index in [4.69, 9.17) is 16.9 Å². The summed E-state index contributed by atoms with van der Waals surface area (Å²) in [6, 6.07) is 12.9. The number of rotatable bonds is 7. The largest absolute Gasteiger partial charge is 0.372 e. The number of carbonyl (C=O) groups is 2. The van der Waals surface area contributed by atoms with E-state index in [0.29, 0.717) is 24.2 Å². The van der Waals surface area contributed by atoms with Crippen LogP contribution < -0.4 is 15.5 Å². The minimum atomic E-state index is -1.32. The van der Waals surface area contributed by atoms with Gasteiger partial charge in [-0.2, -0.15) is 5.06 Å². The molecule has 3 heterocycles. The Labute approximate surface area is 201 Å². The van der Waals surface area contributed by atoms with Crippen LogP contribution in [0.2, 0.25) is 0 Å². The van der Waals surface area contributed by atoms with Crippen LogP contribution in [0.15, 0.2) is 47.5 Å². The van der Waals surface area contributed by atoms with E-state index in [1.165, 1.54) is 4.90 Å². The number of urea groups is 1. The lowest BCUT2D eigenvalue weighted by Gasteiger charge is -2.28. The van der Waals surface area contributed by atoms with Gasteiger partial charge in [-0.15, -0.1) is 0 Å². The topological polar surface area (TPSA) is 91.5 Å². The summed E-state index contributed by atoms with van der Waals surface area (Å²) in [5.41, 5.74) is 10.6. The van der Waals surface area contributed by atoms with Crippen molar-refractivity contribution < 1.29 is 15.8 Å². The van der Waals surface area contributed by atoms with Crippen molar-refractivity contribution in [3.63, 3.8) is 0 Å². The number of nitrogens with zero attached hydrogens (tertiary/aromatic N) is 4. The summed E-state index contributed by atoms with van der Waals surface area (Å²) in [5, 5.41) is 0.874. The zero-order valence-corrected chi connectivity index (χ0v) is 19.4. The molecule has 2 aromatic rings. The van der Waals surface area contributed by atoms with Crippen LogP contribution in [-0.2, 0) is 16.1 Å². The van der Waals surface area contributed by atoms with E-state index in [9.17, 15) is 9.59 Å². The predicted octanol–water partition coefficient (Wildman–Crippen LogP) is 3.47. The molecule has 3 aliphatic rings. The molecule has 8 heteroatoms. The molecule has 0 spiro atoms. The third-order valence-corrected chi connectivity index (χ3v) is 6.56. The van der Waals surface area contributed by atoms with Crippen molar-refractivity contribution in [2.24, 2.45) is 10.7 Å². The highest BCUT2D eigenvalue weighted by Crippen LogP contribution is 2.40. The Bertz CT molecular complexity index is 1150. The molecule has 2 atom stereocenters. The van der Waals surface area contributed by atoms with Crippen molar-refractivity contribution >= 4 is 29.0 Å². The van der Waals surface area contributed by atoms with Gasteiger partial charge < -0.3 is 15.5 Å². The fourth-order valence-corrected chi connectivity index (χ4v) is 4.85. The zero-order valence-electron chi connectivity index (χ0n) is 20.4. The number of hydrogen-bond donors (Lipinski definition) is 1. The van der Waals surface area contributed by atoms with Gasteiger partial charge in [-0.1, -0.05) is 43.7 Å². The monoisotopic (exact) mass is 463 g/mol. The van der Waals surface area contributed by atoms with Gasteiger partial charge >= 0.3 is 6.03 Å². The second kappa shape index (κ2) is 9.46. The van der Waals surface area contributed by atoms with Gasteiger partial charge in [0.2, 0.25) is 6.17 Å². The van der Waals surface area contributed by atoms with Crippen LogP contribution in [0.25, 0.3) is 0 Å². The van der Waals surface area contributed by atoms with E-state index in [1.54, 1.807) is 0 Å². The Morgan fingerprint density at radius 3 is 2.74 bits per heavy atom. The van der Waals surface area contributed by atoms with Crippen LogP contribution in [-0.4, -0.2) is 55.1 Å². The van der Waals surface area contributed by atoms with E-state index in [-0.39, 0.29) is 6.61 Å². The maximum atomic E-state index is 13.8. The van der Waals surface area contributed by atoms with E-state index in [2.05, 4.69) is 17.0 Å². The molecule has 3 amide bonds. The van der Waals surface area contributed by atoms with E-state index in [1.807, 2.05) is 37.3 Å². The number of aliphatic imine (C=N–C) groups is 1. The van der Waals surface area contributed by atoms with Gasteiger partial charge in [0.25, 0.3) is 5.91 Å². The second-order valence-electron chi connectivity index (χ2n) is 8.86. The van der Waals surface area contributed by atoms with Gasteiger partial charge in [0.05, 0.1) is 19.4 Å². The number of benzene rings is 2. The number of nitrogens with two attached hydrogens (primary N) is 1. The quantitative estimate of drug-likeness (QED) is 0.503. The van der Waals surface area contributed by atoms with E-state index in [0.717, 1.165) is 59.8 Å². The zero-order chi connectivity index (χ0) is 24.5. The van der Waals surface area contributed by atoms with Crippen LogP contribution >= 0.6 is 0 Å². The lowest BCUT2D eigenvalue weighted by atomic mass is 9.97. The van der Waals surface area contributed by atoms with Gasteiger partial charge in [-0.3, -0.25) is 9.63 Å². The van der Waals surface area contributed by atoms with Gasteiger partial charge in [0, 0.05) is 36.4 Å². The van der Waals surface area contributed by atoms with Gasteiger partial charge in [-0.25, -0.2) is 9.79 Å². The lowest BCUT2D eigenvalue weighted by Crippen LogP contribution is -2.51. The van der Waals surface area contributed by atoms with Crippen molar-refractivity contribution in [3.05, 3.63) is 59.2 Å². The highest BCUT2D eigenvalue weighted by atomic mass is 16.7. The number of aryl methyl sites for hydroxylation is 1. The maximum Gasteiger partial charge on any atom is 0.341 e. The average molecular weight is 464 g/mol. The molecule has 2 aromatic carbocycles. The fraction of sp³-hybridized carbons (Fsp3) is 0.423. The molecule has 0 bridgehead atoms. The first-order valence-electron chi connectivity index (χ1n) is 12.6. The maximum absolute atomic E-state index is 13.8. The summed E-state index contributed by atoms with van der Waals surface area (Å²) in [4.78, 5) is 40.6. The molecule has 0 radical (unpaired) electrons. The normalized spacial score (nSPS) is 21.7. The minimum Gasteiger partial charge on any atom is -0.372 e. The summed E-state index contributed by atoms with van der Waals surface area (Å²) in [5.74, 6) is -0.486. The molecule has 1 fully saturated rings. The van der Waals surface area contributed by atoms with Crippen LogP contribution in [0.5, 0.6) is 0 Å². The first-order chi connectivity index (χ1) is 17.0. The van der Waals surface area contributed by atoms with E-state index < -0.39 is 24.6 Å². The van der Waals surface area contributed by atoms with Crippen LogP contribution in [0.1, 0.15) is 50.7 Å². The molecule has 0 saturated carbocycles. The Morgan fingerprint density at radius 2 is 2.03 bits per heavy atom. The molecule has 1 unspecified atom stereocenters. The van der Waals surface area contributed by atoms with Crippen LogP contribution in [0, 0.1) is 0 Å². The smallest absolute Gasteiger partial charge is 0.341 e. The molecule has 2 N–H and O–H groups in total. The third kappa shape index (κ3) is 4.03. The summed E-state index contributed by atoms with van der Waals surface area (Å²) in [6.45, 7) is 3.38. The SMILES string of the molecule is [3H]C1Cc2cc(N3CCCC3)cc3c2N1C(=O)[C@@H](N(OCCCC)C(N)=O)N=C3c1ccccc1. The standard InChI is InChI=1S/C26H31N5O3/c1-2-3-15-34-31(26(27)33)24-25(32)30-14-11-19-16-20(29-12-7-8-13-29)17-21(23(19)30)22(28-24)18-9-5-4-6-10-18/h4-6,9-10,16-17,24H,2-3,7-8,11-15H2,1H3,(H2,27,33)/t24-/m1/s1/i14T/t14?,24-. The minimum absolute atomic E-state index is 0.237. The number of unbranched alkanes of at least 4 members (excludes halogenated alkanes) is 1. The third-order valence-electron chi connectivity index (χ3n) is 6.56. The first-order valence-corrected chi connectivity index (χ1v) is 12.0. The van der Waals surface area contributed by atoms with Gasteiger partial charge in [-0.05, 0) is 43.4 Å².